The predicted octanol–water partition coefficient (Wildman–Crippen LogP) is 4.23. The molecule has 11 heteroatoms. The summed E-state index contributed by atoms with van der Waals surface area (Å²) in [6.45, 7) is 5.66. The van der Waals surface area contributed by atoms with Gasteiger partial charge in [0.15, 0.2) is 5.16 Å². The maximum absolute atomic E-state index is 13.8. The number of hydrogen-bond donors (Lipinski definition) is 1. The van der Waals surface area contributed by atoms with Gasteiger partial charge in [0, 0.05) is 35.7 Å². The number of rotatable bonds is 6. The molecule has 2 aromatic heterocycles. The summed E-state index contributed by atoms with van der Waals surface area (Å²) >= 11 is 8.78. The molecule has 1 aromatic carbocycles. The van der Waals surface area contributed by atoms with Crippen LogP contribution in [-0.2, 0) is 33.8 Å². The third-order valence-corrected chi connectivity index (χ3v) is 8.91. The van der Waals surface area contributed by atoms with Gasteiger partial charge in [-0.05, 0) is 49.4 Å². The first-order chi connectivity index (χ1) is 17.3. The van der Waals surface area contributed by atoms with Crippen molar-refractivity contribution in [3.63, 3.8) is 0 Å². The lowest BCUT2D eigenvalue weighted by molar-refractivity contribution is -0.129. The van der Waals surface area contributed by atoms with Crippen LogP contribution in [-0.4, -0.2) is 51.3 Å². The second-order valence-corrected chi connectivity index (χ2v) is 11.6. The standard InChI is InChI=1S/C25H27ClN4O4S2/c1-14-5-6-16(26)10-19(14)27-21(32)13-35-25-28-23-22(24(33)30(25)11-17-4-3-9-34-17)18-7-8-29(15(2)31)12-20(18)36-23/h5-6,10,17H,3-4,7-9,11-13H2,1-2H3,(H,27,32). The predicted molar refractivity (Wildman–Crippen MR) is 143 cm³/mol. The molecular weight excluding hydrogens is 520 g/mol. The summed E-state index contributed by atoms with van der Waals surface area (Å²) in [5, 5.41) is 4.59. The van der Waals surface area contributed by atoms with Gasteiger partial charge in [-0.3, -0.25) is 19.0 Å². The fourth-order valence-corrected chi connectivity index (χ4v) is 6.89. The van der Waals surface area contributed by atoms with Gasteiger partial charge in [-0.15, -0.1) is 11.3 Å². The van der Waals surface area contributed by atoms with Gasteiger partial charge in [0.25, 0.3) is 5.56 Å². The SMILES string of the molecule is CC(=O)N1CCc2c(sc3nc(SCC(=O)Nc4cc(Cl)ccc4C)n(CC4CCCO4)c(=O)c23)C1. The number of benzene rings is 1. The smallest absolute Gasteiger partial charge is 0.263 e. The van der Waals surface area contributed by atoms with E-state index in [1.807, 2.05) is 13.0 Å². The Morgan fingerprint density at radius 1 is 1.36 bits per heavy atom. The lowest BCUT2D eigenvalue weighted by Gasteiger charge is -2.25. The molecule has 3 aromatic rings. The number of aryl methyl sites for hydroxylation is 1. The highest BCUT2D eigenvalue weighted by Crippen LogP contribution is 2.34. The lowest BCUT2D eigenvalue weighted by Crippen LogP contribution is -2.34. The van der Waals surface area contributed by atoms with Gasteiger partial charge in [-0.1, -0.05) is 29.4 Å². The molecule has 36 heavy (non-hydrogen) atoms. The highest BCUT2D eigenvalue weighted by atomic mass is 35.5. The van der Waals surface area contributed by atoms with Gasteiger partial charge in [0.05, 0.1) is 30.3 Å². The van der Waals surface area contributed by atoms with Crippen LogP contribution in [0.25, 0.3) is 10.2 Å². The number of carbonyl (C=O) groups is 2. The minimum Gasteiger partial charge on any atom is -0.376 e. The Morgan fingerprint density at radius 3 is 2.94 bits per heavy atom. The minimum atomic E-state index is -0.203. The first-order valence-electron chi connectivity index (χ1n) is 11.9. The minimum absolute atomic E-state index is 0.0269. The number of hydrogen-bond acceptors (Lipinski definition) is 7. The van der Waals surface area contributed by atoms with E-state index in [-0.39, 0.29) is 29.2 Å². The molecule has 0 aliphatic carbocycles. The number of fused-ring (bicyclic) bond motifs is 3. The maximum Gasteiger partial charge on any atom is 0.263 e. The number of amides is 2. The maximum atomic E-state index is 13.8. The number of carbonyl (C=O) groups excluding carboxylic acids is 2. The van der Waals surface area contributed by atoms with Crippen molar-refractivity contribution in [1.29, 1.82) is 0 Å². The topological polar surface area (TPSA) is 93.5 Å². The molecule has 1 N–H and O–H groups in total. The van der Waals surface area contributed by atoms with Crippen molar-refractivity contribution in [3.05, 3.63) is 49.6 Å². The zero-order chi connectivity index (χ0) is 25.4. The number of nitrogens with one attached hydrogen (secondary N) is 1. The van der Waals surface area contributed by atoms with Gasteiger partial charge in [0.1, 0.15) is 4.83 Å². The zero-order valence-electron chi connectivity index (χ0n) is 20.1. The van der Waals surface area contributed by atoms with Crippen molar-refractivity contribution in [3.8, 4) is 0 Å². The van der Waals surface area contributed by atoms with Gasteiger partial charge < -0.3 is 15.0 Å². The Labute approximate surface area is 222 Å². The number of thiophene rings is 1. The molecular formula is C25H27ClN4O4S2. The van der Waals surface area contributed by atoms with Crippen molar-refractivity contribution in [2.24, 2.45) is 0 Å². The molecule has 1 unspecified atom stereocenters. The van der Waals surface area contributed by atoms with Crippen LogP contribution >= 0.6 is 34.7 Å². The van der Waals surface area contributed by atoms with Gasteiger partial charge in [0.2, 0.25) is 11.8 Å². The molecule has 2 amide bonds. The van der Waals surface area contributed by atoms with E-state index >= 15 is 0 Å². The summed E-state index contributed by atoms with van der Waals surface area (Å²) in [6, 6.07) is 5.35. The van der Waals surface area contributed by atoms with Crippen LogP contribution in [0.1, 0.15) is 35.8 Å². The molecule has 8 nitrogen and oxygen atoms in total. The van der Waals surface area contributed by atoms with E-state index in [4.69, 9.17) is 21.3 Å². The zero-order valence-corrected chi connectivity index (χ0v) is 22.5. The fourth-order valence-electron chi connectivity index (χ4n) is 4.63. The Morgan fingerprint density at radius 2 is 2.19 bits per heavy atom. The molecule has 0 radical (unpaired) electrons. The Balaban J connectivity index is 1.45. The van der Waals surface area contributed by atoms with E-state index < -0.39 is 0 Å². The Kier molecular flexibility index (Phi) is 7.39. The van der Waals surface area contributed by atoms with Crippen LogP contribution in [0.3, 0.4) is 0 Å². The molecule has 2 aliphatic rings. The van der Waals surface area contributed by atoms with Gasteiger partial charge in [-0.25, -0.2) is 4.98 Å². The van der Waals surface area contributed by atoms with Crippen LogP contribution in [0.15, 0.2) is 28.2 Å². The molecule has 1 atom stereocenters. The molecule has 2 aliphatic heterocycles. The van der Waals surface area contributed by atoms with Crippen LogP contribution in [0.2, 0.25) is 5.02 Å². The van der Waals surface area contributed by atoms with E-state index in [2.05, 4.69) is 5.32 Å². The highest BCUT2D eigenvalue weighted by molar-refractivity contribution is 7.99. The lowest BCUT2D eigenvalue weighted by atomic mass is 10.1. The van der Waals surface area contributed by atoms with Crippen molar-refractivity contribution in [2.75, 3.05) is 24.2 Å². The average Bonchev–Trinajstić information content (AvgIpc) is 3.49. The quantitative estimate of drug-likeness (QED) is 0.367. The number of anilines is 1. The van der Waals surface area contributed by atoms with Crippen LogP contribution in [0.4, 0.5) is 5.69 Å². The summed E-state index contributed by atoms with van der Waals surface area (Å²) in [4.78, 5) is 46.7. The first-order valence-corrected chi connectivity index (χ1v) is 14.1. The molecule has 0 saturated carbocycles. The second kappa shape index (κ2) is 10.5. The third kappa shape index (κ3) is 5.18. The van der Waals surface area contributed by atoms with Crippen molar-refractivity contribution in [2.45, 2.75) is 57.5 Å². The Bertz CT molecular complexity index is 1400. The van der Waals surface area contributed by atoms with Gasteiger partial charge in [-0.2, -0.15) is 0 Å². The van der Waals surface area contributed by atoms with Crippen LogP contribution in [0, 0.1) is 6.92 Å². The second-order valence-electron chi connectivity index (χ2n) is 9.12. The summed E-state index contributed by atoms with van der Waals surface area (Å²) in [5.41, 5.74) is 2.47. The molecule has 0 bridgehead atoms. The van der Waals surface area contributed by atoms with E-state index in [9.17, 15) is 14.4 Å². The fraction of sp³-hybridized carbons (Fsp3) is 0.440. The molecule has 1 saturated heterocycles. The normalized spacial score (nSPS) is 17.4. The van der Waals surface area contributed by atoms with E-state index in [0.29, 0.717) is 58.7 Å². The number of thioether (sulfide) groups is 1. The largest absolute Gasteiger partial charge is 0.376 e. The summed E-state index contributed by atoms with van der Waals surface area (Å²) in [5.74, 6) is -0.0801. The molecule has 1 fully saturated rings. The summed E-state index contributed by atoms with van der Waals surface area (Å²) in [6.07, 6.45) is 2.44. The molecule has 190 valence electrons. The van der Waals surface area contributed by atoms with Crippen molar-refractivity contribution < 1.29 is 14.3 Å². The monoisotopic (exact) mass is 546 g/mol. The highest BCUT2D eigenvalue weighted by Gasteiger charge is 2.27. The Hall–Kier alpha value is -2.40. The number of aromatic nitrogens is 2. The number of nitrogens with zero attached hydrogens (tertiary/aromatic N) is 3. The third-order valence-electron chi connectivity index (χ3n) is 6.59. The summed E-state index contributed by atoms with van der Waals surface area (Å²) in [7, 11) is 0. The number of halogens is 1. The molecule has 4 heterocycles. The molecule has 5 rings (SSSR count). The summed E-state index contributed by atoms with van der Waals surface area (Å²) < 4.78 is 7.48. The van der Waals surface area contributed by atoms with Crippen LogP contribution < -0.4 is 10.9 Å². The van der Waals surface area contributed by atoms with Gasteiger partial charge >= 0.3 is 0 Å². The van der Waals surface area contributed by atoms with E-state index in [1.54, 1.807) is 28.5 Å². The average molecular weight is 547 g/mol. The van der Waals surface area contributed by atoms with E-state index in [0.717, 1.165) is 28.8 Å². The molecule has 0 spiro atoms. The van der Waals surface area contributed by atoms with Crippen molar-refractivity contribution in [1.82, 2.24) is 14.5 Å². The number of ether oxygens (including phenoxy) is 1. The van der Waals surface area contributed by atoms with Crippen molar-refractivity contribution >= 4 is 62.4 Å². The van der Waals surface area contributed by atoms with E-state index in [1.165, 1.54) is 23.1 Å². The first kappa shape index (κ1) is 25.3. The van der Waals surface area contributed by atoms with Crippen LogP contribution in [0.5, 0.6) is 0 Å².